The molecule has 0 N–H and O–H groups in total. The van der Waals surface area contributed by atoms with Crippen LogP contribution in [0.5, 0.6) is 0 Å². The molecule has 0 atom stereocenters. The van der Waals surface area contributed by atoms with Gasteiger partial charge in [0.2, 0.25) is 5.13 Å². The van der Waals surface area contributed by atoms with Crippen molar-refractivity contribution in [3.63, 3.8) is 0 Å². The smallest absolute Gasteiger partial charge is 0.267 e. The second-order valence-corrected chi connectivity index (χ2v) is 8.27. The molecule has 0 aliphatic carbocycles. The molecule has 29 heavy (non-hydrogen) atoms. The maximum Gasteiger partial charge on any atom is 0.273 e. The quantitative estimate of drug-likeness (QED) is 0.209. The molecular formula is C21H13ClFN3OS2. The zero-order valence-corrected chi connectivity index (χ0v) is 17.2. The zero-order chi connectivity index (χ0) is 20.2. The van der Waals surface area contributed by atoms with Gasteiger partial charge in [-0.3, -0.25) is 4.79 Å². The van der Waals surface area contributed by atoms with Gasteiger partial charge in [-0.15, -0.1) is 11.3 Å². The van der Waals surface area contributed by atoms with Crippen molar-refractivity contribution in [2.75, 3.05) is 5.01 Å². The molecule has 0 saturated carbocycles. The van der Waals surface area contributed by atoms with Crippen LogP contribution in [-0.4, -0.2) is 17.1 Å². The van der Waals surface area contributed by atoms with Crippen molar-refractivity contribution in [1.29, 1.82) is 0 Å². The summed E-state index contributed by atoms with van der Waals surface area (Å²) in [5, 5.41) is 8.35. The van der Waals surface area contributed by atoms with E-state index in [2.05, 4.69) is 10.1 Å². The van der Waals surface area contributed by atoms with Crippen LogP contribution in [-0.2, 0) is 4.79 Å². The average Bonchev–Trinajstić information content (AvgIpc) is 3.37. The molecule has 8 heteroatoms. The van der Waals surface area contributed by atoms with E-state index in [-0.39, 0.29) is 5.82 Å². The van der Waals surface area contributed by atoms with E-state index in [0.29, 0.717) is 20.4 Å². The van der Waals surface area contributed by atoms with Gasteiger partial charge in [0, 0.05) is 16.0 Å². The summed E-state index contributed by atoms with van der Waals surface area (Å²) < 4.78 is 14.2. The molecule has 144 valence electrons. The molecule has 2 aromatic carbocycles. The number of nitrogens with zero attached hydrogens (tertiary/aromatic N) is 3. The second kappa shape index (κ2) is 8.65. The highest BCUT2D eigenvalue weighted by Crippen LogP contribution is 2.30. The zero-order valence-electron chi connectivity index (χ0n) is 14.8. The van der Waals surface area contributed by atoms with Crippen LogP contribution in [0.15, 0.2) is 71.2 Å². The van der Waals surface area contributed by atoms with Crippen molar-refractivity contribution in [2.45, 2.75) is 0 Å². The van der Waals surface area contributed by atoms with Gasteiger partial charge in [-0.2, -0.15) is 10.1 Å². The van der Waals surface area contributed by atoms with Crippen LogP contribution in [0.2, 0.25) is 5.02 Å². The Labute approximate surface area is 179 Å². The number of thiazole rings is 1. The van der Waals surface area contributed by atoms with Crippen molar-refractivity contribution in [2.24, 2.45) is 5.10 Å². The molecule has 0 spiro atoms. The normalized spacial score (nSPS) is 11.7. The first-order chi connectivity index (χ1) is 14.1. The number of hydrogen-bond donors (Lipinski definition) is 0. The number of rotatable bonds is 5. The minimum Gasteiger partial charge on any atom is -0.267 e. The molecule has 0 saturated heterocycles. The third-order valence-corrected chi connectivity index (χ3v) is 6.03. The Morgan fingerprint density at radius 1 is 1.17 bits per heavy atom. The second-order valence-electron chi connectivity index (χ2n) is 5.87. The molecule has 0 aliphatic heterocycles. The van der Waals surface area contributed by atoms with Crippen molar-refractivity contribution in [3.05, 3.63) is 87.3 Å². The van der Waals surface area contributed by atoms with Crippen LogP contribution in [0.4, 0.5) is 9.52 Å². The molecule has 0 unspecified atom stereocenters. The minimum absolute atomic E-state index is 0.354. The molecular weight excluding hydrogens is 429 g/mol. The summed E-state index contributed by atoms with van der Waals surface area (Å²) >= 11 is 8.85. The summed E-state index contributed by atoms with van der Waals surface area (Å²) in [5.41, 5.74) is 1.32. The number of aromatic nitrogens is 1. The number of thiophene rings is 1. The Morgan fingerprint density at radius 2 is 2.03 bits per heavy atom. The monoisotopic (exact) mass is 441 g/mol. The fourth-order valence-corrected chi connectivity index (χ4v) is 4.23. The Morgan fingerprint density at radius 3 is 2.83 bits per heavy atom. The van der Waals surface area contributed by atoms with E-state index in [1.54, 1.807) is 24.4 Å². The van der Waals surface area contributed by atoms with Gasteiger partial charge in [0.25, 0.3) is 5.91 Å². The number of halogens is 2. The number of hydrazone groups is 1. The molecule has 0 aliphatic rings. The Hall–Kier alpha value is -2.87. The van der Waals surface area contributed by atoms with Gasteiger partial charge in [0.15, 0.2) is 0 Å². The van der Waals surface area contributed by atoms with Gasteiger partial charge in [-0.1, -0.05) is 47.2 Å². The van der Waals surface area contributed by atoms with Crippen molar-refractivity contribution in [1.82, 2.24) is 4.98 Å². The fraction of sp³-hybridized carbons (Fsp3) is 0. The predicted molar refractivity (Wildman–Crippen MR) is 119 cm³/mol. The molecule has 2 heterocycles. The Kier molecular flexibility index (Phi) is 5.80. The highest BCUT2D eigenvalue weighted by atomic mass is 35.5. The number of benzene rings is 2. The SMILES string of the molecule is O=C(/C=C/c1ccccc1Cl)N(/N=C/c1cccs1)c1nc2ccc(F)cc2s1. The largest absolute Gasteiger partial charge is 0.273 e. The summed E-state index contributed by atoms with van der Waals surface area (Å²) in [6, 6.07) is 15.3. The van der Waals surface area contributed by atoms with Crippen molar-refractivity contribution in [3.8, 4) is 0 Å². The van der Waals surface area contributed by atoms with Crippen LogP contribution in [0.1, 0.15) is 10.4 Å². The number of amides is 1. The summed E-state index contributed by atoms with van der Waals surface area (Å²) in [6.07, 6.45) is 4.61. The molecule has 4 rings (SSSR count). The molecule has 0 bridgehead atoms. The van der Waals surface area contributed by atoms with Gasteiger partial charge >= 0.3 is 0 Å². The van der Waals surface area contributed by atoms with Crippen LogP contribution >= 0.6 is 34.3 Å². The average molecular weight is 442 g/mol. The lowest BCUT2D eigenvalue weighted by atomic mass is 10.2. The van der Waals surface area contributed by atoms with Gasteiger partial charge in [-0.05, 0) is 47.4 Å². The highest BCUT2D eigenvalue weighted by Gasteiger charge is 2.17. The lowest BCUT2D eigenvalue weighted by Gasteiger charge is -2.11. The molecule has 2 aromatic heterocycles. The summed E-state index contributed by atoms with van der Waals surface area (Å²) in [6.45, 7) is 0. The van der Waals surface area contributed by atoms with Gasteiger partial charge in [0.1, 0.15) is 5.82 Å². The standard InChI is InChI=1S/C21H13ClFN3OS2/c22-17-6-2-1-4-14(17)7-10-20(27)26(24-13-16-5-3-11-28-16)21-25-18-9-8-15(23)12-19(18)29-21/h1-13H/b10-7+,24-13+. The highest BCUT2D eigenvalue weighted by molar-refractivity contribution is 7.22. The maximum atomic E-state index is 13.5. The first kappa shape index (κ1) is 19.4. The summed E-state index contributed by atoms with van der Waals surface area (Å²) in [4.78, 5) is 18.2. The summed E-state index contributed by atoms with van der Waals surface area (Å²) in [7, 11) is 0. The lowest BCUT2D eigenvalue weighted by molar-refractivity contribution is -0.114. The van der Waals surface area contributed by atoms with E-state index in [1.165, 1.54) is 45.9 Å². The number of carbonyl (C=O) groups excluding carboxylic acids is 1. The number of fused-ring (bicyclic) bond motifs is 1. The molecule has 0 fully saturated rings. The van der Waals surface area contributed by atoms with Crippen LogP contribution in [0, 0.1) is 5.82 Å². The molecule has 4 nitrogen and oxygen atoms in total. The third-order valence-electron chi connectivity index (χ3n) is 3.88. The van der Waals surface area contributed by atoms with E-state index in [4.69, 9.17) is 11.6 Å². The van der Waals surface area contributed by atoms with Crippen molar-refractivity contribution < 1.29 is 9.18 Å². The van der Waals surface area contributed by atoms with Crippen LogP contribution in [0.25, 0.3) is 16.3 Å². The van der Waals surface area contributed by atoms with Gasteiger partial charge in [0.05, 0.1) is 16.4 Å². The van der Waals surface area contributed by atoms with Crippen LogP contribution < -0.4 is 5.01 Å². The molecule has 4 aromatic rings. The first-order valence-corrected chi connectivity index (χ1v) is 10.6. The Balaban J connectivity index is 1.69. The predicted octanol–water partition coefficient (Wildman–Crippen LogP) is 6.23. The third kappa shape index (κ3) is 4.59. The number of carbonyl (C=O) groups is 1. The van der Waals surface area contributed by atoms with E-state index >= 15 is 0 Å². The topological polar surface area (TPSA) is 45.6 Å². The summed E-state index contributed by atoms with van der Waals surface area (Å²) in [5.74, 6) is -0.747. The lowest BCUT2D eigenvalue weighted by Crippen LogP contribution is -2.23. The fourth-order valence-electron chi connectivity index (χ4n) is 2.50. The molecule has 1 amide bonds. The molecule has 0 radical (unpaired) electrons. The number of anilines is 1. The van der Waals surface area contributed by atoms with E-state index in [9.17, 15) is 9.18 Å². The van der Waals surface area contributed by atoms with E-state index in [0.717, 1.165) is 10.4 Å². The Bertz CT molecular complexity index is 1220. The minimum atomic E-state index is -0.391. The van der Waals surface area contributed by atoms with E-state index in [1.807, 2.05) is 35.7 Å². The first-order valence-electron chi connectivity index (χ1n) is 8.50. The van der Waals surface area contributed by atoms with Gasteiger partial charge in [-0.25, -0.2) is 9.37 Å². The maximum absolute atomic E-state index is 13.5. The van der Waals surface area contributed by atoms with Gasteiger partial charge < -0.3 is 0 Å². The van der Waals surface area contributed by atoms with Crippen LogP contribution in [0.3, 0.4) is 0 Å². The number of hydrogen-bond acceptors (Lipinski definition) is 5. The van der Waals surface area contributed by atoms with E-state index < -0.39 is 5.91 Å². The van der Waals surface area contributed by atoms with Crippen molar-refractivity contribution >= 4 is 67.8 Å².